The Morgan fingerprint density at radius 2 is 1.74 bits per heavy atom. The Labute approximate surface area is 192 Å². The first-order valence-electron chi connectivity index (χ1n) is 10.5. The van der Waals surface area contributed by atoms with E-state index in [-0.39, 0.29) is 11.6 Å². The number of para-hydroxylation sites is 1. The van der Waals surface area contributed by atoms with Gasteiger partial charge in [0.1, 0.15) is 11.3 Å². The van der Waals surface area contributed by atoms with E-state index in [4.69, 9.17) is 0 Å². The quantitative estimate of drug-likeness (QED) is 0.503. The molecule has 1 aliphatic heterocycles. The molecule has 2 aliphatic rings. The highest BCUT2D eigenvalue weighted by Gasteiger charge is 2.70. The normalized spacial score (nSPS) is 21.8. The smallest absolute Gasteiger partial charge is 0.406 e. The maximum atomic E-state index is 13.6. The molecule has 1 saturated carbocycles. The van der Waals surface area contributed by atoms with E-state index in [0.29, 0.717) is 17.8 Å². The maximum Gasteiger partial charge on any atom is 0.573 e. The molecule has 2 fully saturated rings. The number of nitrogens with one attached hydrogen (secondary N) is 1. The van der Waals surface area contributed by atoms with Crippen molar-refractivity contribution >= 4 is 34.7 Å². The van der Waals surface area contributed by atoms with Crippen molar-refractivity contribution in [2.24, 2.45) is 5.92 Å². The first kappa shape index (κ1) is 21.7. The Bertz CT molecular complexity index is 1250. The number of amides is 3. The highest BCUT2D eigenvalue weighted by atomic mass is 19.4. The summed E-state index contributed by atoms with van der Waals surface area (Å²) < 4.78 is 41.4. The Balaban J connectivity index is 1.51. The zero-order valence-electron chi connectivity index (χ0n) is 17.9. The van der Waals surface area contributed by atoms with E-state index in [2.05, 4.69) is 15.0 Å². The van der Waals surface area contributed by atoms with Gasteiger partial charge in [-0.2, -0.15) is 0 Å². The van der Waals surface area contributed by atoms with Crippen LogP contribution in [0.15, 0.2) is 73.1 Å². The molecule has 1 aliphatic carbocycles. The second-order valence-corrected chi connectivity index (χ2v) is 8.21. The number of pyridine rings is 1. The fraction of sp³-hybridized carbons (Fsp3) is 0.208. The van der Waals surface area contributed by atoms with E-state index in [1.807, 2.05) is 37.3 Å². The predicted octanol–water partition coefficient (Wildman–Crippen LogP) is 5.48. The Hall–Kier alpha value is -4.08. The molecule has 2 aromatic carbocycles. The number of imide groups is 1. The highest BCUT2D eigenvalue weighted by molar-refractivity contribution is 6.32. The summed E-state index contributed by atoms with van der Waals surface area (Å²) in [7, 11) is 0. The topological polar surface area (TPSA) is 74.8 Å². The molecule has 2 heterocycles. The predicted molar refractivity (Wildman–Crippen MR) is 119 cm³/mol. The summed E-state index contributed by atoms with van der Waals surface area (Å²) in [6.07, 6.45) is -1.26. The third-order valence-electron chi connectivity index (χ3n) is 6.05. The number of alkyl halides is 3. The van der Waals surface area contributed by atoms with Crippen molar-refractivity contribution in [3.8, 4) is 5.75 Å². The van der Waals surface area contributed by atoms with Gasteiger partial charge in [-0.15, -0.1) is 13.2 Å². The van der Waals surface area contributed by atoms with Crippen molar-refractivity contribution in [1.29, 1.82) is 0 Å². The molecule has 34 heavy (non-hydrogen) atoms. The van der Waals surface area contributed by atoms with Gasteiger partial charge in [0.2, 0.25) is 0 Å². The van der Waals surface area contributed by atoms with Crippen LogP contribution in [0.2, 0.25) is 0 Å². The number of rotatable bonds is 5. The van der Waals surface area contributed by atoms with Crippen LogP contribution in [0.1, 0.15) is 13.3 Å². The van der Waals surface area contributed by atoms with Gasteiger partial charge in [0.05, 0.1) is 23.3 Å². The van der Waals surface area contributed by atoms with Gasteiger partial charge in [0.15, 0.2) is 0 Å². The molecular formula is C24H19F3N4O3. The maximum absolute atomic E-state index is 13.6. The summed E-state index contributed by atoms with van der Waals surface area (Å²) in [5.74, 6) is -0.957. The number of hydrogen-bond acceptors (Lipinski definition) is 5. The minimum Gasteiger partial charge on any atom is -0.406 e. The van der Waals surface area contributed by atoms with Crippen LogP contribution in [-0.2, 0) is 4.79 Å². The molecule has 5 rings (SSSR count). The van der Waals surface area contributed by atoms with Gasteiger partial charge in [-0.05, 0) is 54.8 Å². The number of anilines is 4. The van der Waals surface area contributed by atoms with Crippen molar-refractivity contribution in [3.05, 3.63) is 73.1 Å². The van der Waals surface area contributed by atoms with Crippen molar-refractivity contribution in [3.63, 3.8) is 0 Å². The second kappa shape index (κ2) is 7.75. The number of aromatic nitrogens is 1. The number of ether oxygens (including phenoxy) is 1. The molecule has 1 N–H and O–H groups in total. The number of carbonyl (C=O) groups is 2. The summed E-state index contributed by atoms with van der Waals surface area (Å²) in [5.41, 5.74) is 0.916. The van der Waals surface area contributed by atoms with Gasteiger partial charge in [-0.1, -0.05) is 25.1 Å². The lowest BCUT2D eigenvalue weighted by Gasteiger charge is -2.25. The van der Waals surface area contributed by atoms with Crippen LogP contribution in [-0.4, -0.2) is 28.8 Å². The summed E-state index contributed by atoms with van der Waals surface area (Å²) in [6, 6.07) is 15.1. The molecule has 1 saturated heterocycles. The number of benzene rings is 2. The van der Waals surface area contributed by atoms with Crippen LogP contribution >= 0.6 is 0 Å². The molecule has 2 unspecified atom stereocenters. The largest absolute Gasteiger partial charge is 0.573 e. The van der Waals surface area contributed by atoms with Gasteiger partial charge in [-0.3, -0.25) is 14.7 Å². The minimum absolute atomic E-state index is 0.0977. The molecule has 2 atom stereocenters. The third kappa shape index (κ3) is 3.60. The van der Waals surface area contributed by atoms with Gasteiger partial charge >= 0.3 is 12.4 Å². The van der Waals surface area contributed by atoms with Crippen LogP contribution in [0, 0.1) is 5.92 Å². The standard InChI is InChI=1S/C24H19F3N4O3/c1-15-13-23(15)21(32)30(17-7-9-18(10-8-17)34-24(25,26)27)22(33)31(23)20-11-12-28-14-19(20)29-16-5-3-2-4-6-16/h2-12,14-15,29H,13H2,1H3. The SMILES string of the molecule is CC1CC12C(=O)N(c1ccc(OC(F)(F)F)cc1)C(=O)N2c1ccncc1Nc1ccccc1. The van der Waals surface area contributed by atoms with Crippen molar-refractivity contribution in [2.75, 3.05) is 15.1 Å². The van der Waals surface area contributed by atoms with E-state index in [1.165, 1.54) is 23.2 Å². The number of carbonyl (C=O) groups excluding carboxylic acids is 2. The number of nitrogens with zero attached hydrogens (tertiary/aromatic N) is 3. The first-order chi connectivity index (χ1) is 16.2. The molecule has 3 amide bonds. The molecule has 174 valence electrons. The fourth-order valence-electron chi connectivity index (χ4n) is 4.36. The Morgan fingerprint density at radius 3 is 2.35 bits per heavy atom. The van der Waals surface area contributed by atoms with E-state index >= 15 is 0 Å². The van der Waals surface area contributed by atoms with Crippen LogP contribution < -0.4 is 19.9 Å². The molecule has 0 radical (unpaired) electrons. The lowest BCUT2D eigenvalue weighted by molar-refractivity contribution is -0.274. The van der Waals surface area contributed by atoms with Crippen LogP contribution in [0.4, 0.5) is 40.7 Å². The summed E-state index contributed by atoms with van der Waals surface area (Å²) >= 11 is 0. The molecule has 3 aromatic rings. The molecule has 10 heteroatoms. The lowest BCUT2D eigenvalue weighted by Crippen LogP contribution is -2.39. The highest BCUT2D eigenvalue weighted by Crippen LogP contribution is 2.56. The van der Waals surface area contributed by atoms with Crippen LogP contribution in [0.3, 0.4) is 0 Å². The lowest BCUT2D eigenvalue weighted by atomic mass is 10.1. The Morgan fingerprint density at radius 1 is 1.06 bits per heavy atom. The van der Waals surface area contributed by atoms with Gasteiger partial charge in [0.25, 0.3) is 5.91 Å². The minimum atomic E-state index is -4.84. The third-order valence-corrected chi connectivity index (χ3v) is 6.05. The number of hydrogen-bond donors (Lipinski definition) is 1. The van der Waals surface area contributed by atoms with Crippen molar-refractivity contribution in [1.82, 2.24) is 4.98 Å². The summed E-state index contributed by atoms with van der Waals surface area (Å²) in [6.45, 7) is 1.88. The van der Waals surface area contributed by atoms with Gasteiger partial charge in [-0.25, -0.2) is 9.69 Å². The summed E-state index contributed by atoms with van der Waals surface area (Å²) in [5, 5.41) is 3.24. The molecule has 1 aromatic heterocycles. The zero-order valence-corrected chi connectivity index (χ0v) is 17.9. The molecule has 1 spiro atoms. The van der Waals surface area contributed by atoms with Gasteiger partial charge < -0.3 is 10.1 Å². The monoisotopic (exact) mass is 468 g/mol. The van der Waals surface area contributed by atoms with E-state index in [0.717, 1.165) is 22.7 Å². The Kier molecular flexibility index (Phi) is 4.96. The molecular weight excluding hydrogens is 449 g/mol. The first-order valence-corrected chi connectivity index (χ1v) is 10.5. The fourth-order valence-corrected chi connectivity index (χ4v) is 4.36. The van der Waals surface area contributed by atoms with E-state index in [9.17, 15) is 22.8 Å². The zero-order chi connectivity index (χ0) is 24.1. The van der Waals surface area contributed by atoms with Crippen molar-refractivity contribution in [2.45, 2.75) is 25.2 Å². The average Bonchev–Trinajstić information content (AvgIpc) is 3.41. The van der Waals surface area contributed by atoms with Crippen LogP contribution in [0.5, 0.6) is 5.75 Å². The van der Waals surface area contributed by atoms with Gasteiger partial charge in [0, 0.05) is 11.9 Å². The second-order valence-electron chi connectivity index (χ2n) is 8.21. The molecule has 7 nitrogen and oxygen atoms in total. The molecule has 0 bridgehead atoms. The number of urea groups is 1. The van der Waals surface area contributed by atoms with Crippen LogP contribution in [0.25, 0.3) is 0 Å². The van der Waals surface area contributed by atoms with E-state index < -0.39 is 29.6 Å². The average molecular weight is 468 g/mol. The number of halogens is 3. The summed E-state index contributed by atoms with van der Waals surface area (Å²) in [4.78, 5) is 33.7. The van der Waals surface area contributed by atoms with E-state index in [1.54, 1.807) is 12.3 Å². The van der Waals surface area contributed by atoms with Crippen molar-refractivity contribution < 1.29 is 27.5 Å².